The van der Waals surface area contributed by atoms with Crippen molar-refractivity contribution in [3.63, 3.8) is 0 Å². The zero-order valence-corrected chi connectivity index (χ0v) is 11.6. The molecule has 4 heteroatoms. The van der Waals surface area contributed by atoms with Gasteiger partial charge in [0.1, 0.15) is 5.75 Å². The zero-order chi connectivity index (χ0) is 14.5. The van der Waals surface area contributed by atoms with Crippen LogP contribution in [0.3, 0.4) is 0 Å². The molecule has 0 atom stereocenters. The van der Waals surface area contributed by atoms with E-state index in [1.165, 1.54) is 6.08 Å². The average molecular weight is 289 g/mol. The summed E-state index contributed by atoms with van der Waals surface area (Å²) in [6, 6.07) is 14.3. The quantitative estimate of drug-likeness (QED) is 0.869. The Hall–Kier alpha value is -2.26. The van der Waals surface area contributed by atoms with E-state index in [9.17, 15) is 4.79 Å². The van der Waals surface area contributed by atoms with E-state index >= 15 is 0 Å². The van der Waals surface area contributed by atoms with Crippen LogP contribution >= 0.6 is 11.6 Å². The lowest BCUT2D eigenvalue weighted by Crippen LogP contribution is -1.95. The average Bonchev–Trinajstić information content (AvgIpc) is 2.46. The van der Waals surface area contributed by atoms with Crippen LogP contribution in [0, 0.1) is 0 Å². The van der Waals surface area contributed by atoms with Crippen molar-refractivity contribution in [3.8, 4) is 5.75 Å². The topological polar surface area (TPSA) is 46.5 Å². The minimum Gasteiger partial charge on any atom is -0.497 e. The third kappa shape index (κ3) is 3.39. The smallest absolute Gasteiger partial charge is 0.328 e. The van der Waals surface area contributed by atoms with Crippen LogP contribution in [0.2, 0.25) is 5.02 Å². The maximum absolute atomic E-state index is 11.0. The molecule has 0 amide bonds. The Morgan fingerprint density at radius 3 is 2.45 bits per heavy atom. The number of carbonyl (C=O) groups is 1. The predicted octanol–water partition coefficient (Wildman–Crippen LogP) is 3.86. The first-order valence-electron chi connectivity index (χ1n) is 5.95. The number of benzene rings is 2. The number of carboxylic acids is 1. The van der Waals surface area contributed by atoms with E-state index in [2.05, 4.69) is 0 Å². The molecular weight excluding hydrogens is 276 g/mol. The van der Waals surface area contributed by atoms with Crippen LogP contribution in [-0.2, 0) is 4.79 Å². The number of rotatable bonds is 4. The van der Waals surface area contributed by atoms with E-state index in [4.69, 9.17) is 21.4 Å². The van der Waals surface area contributed by atoms with Crippen molar-refractivity contribution in [3.05, 3.63) is 70.8 Å². The van der Waals surface area contributed by atoms with E-state index in [1.807, 2.05) is 18.2 Å². The SMILES string of the molecule is COc1cccc(/C(=C\C(=O)O)c2ccc(Cl)cc2)c1. The van der Waals surface area contributed by atoms with Gasteiger partial charge in [-0.05, 0) is 41.0 Å². The first kappa shape index (κ1) is 14.2. The Kier molecular flexibility index (Phi) is 4.43. The van der Waals surface area contributed by atoms with Crippen molar-refractivity contribution >= 4 is 23.1 Å². The number of aliphatic carboxylic acids is 1. The lowest BCUT2D eigenvalue weighted by atomic mass is 9.97. The van der Waals surface area contributed by atoms with Gasteiger partial charge < -0.3 is 9.84 Å². The van der Waals surface area contributed by atoms with Crippen LogP contribution < -0.4 is 4.74 Å². The number of ether oxygens (including phenoxy) is 1. The van der Waals surface area contributed by atoms with Crippen LogP contribution in [-0.4, -0.2) is 18.2 Å². The highest BCUT2D eigenvalue weighted by Crippen LogP contribution is 2.27. The minimum absolute atomic E-state index is 0.605. The summed E-state index contributed by atoms with van der Waals surface area (Å²) in [4.78, 5) is 11.0. The molecular formula is C16H13ClO3. The van der Waals surface area contributed by atoms with Gasteiger partial charge in [0.25, 0.3) is 0 Å². The molecule has 2 aromatic carbocycles. The third-order valence-electron chi connectivity index (χ3n) is 2.80. The molecule has 0 aromatic heterocycles. The highest BCUT2D eigenvalue weighted by atomic mass is 35.5. The van der Waals surface area contributed by atoms with Crippen molar-refractivity contribution in [2.45, 2.75) is 0 Å². The summed E-state index contributed by atoms with van der Waals surface area (Å²) in [5, 5.41) is 9.66. The summed E-state index contributed by atoms with van der Waals surface area (Å²) in [5.41, 5.74) is 2.16. The van der Waals surface area contributed by atoms with Crippen molar-refractivity contribution in [1.29, 1.82) is 0 Å². The second kappa shape index (κ2) is 6.26. The number of hydrogen-bond acceptors (Lipinski definition) is 2. The summed E-state index contributed by atoms with van der Waals surface area (Å²) in [6.45, 7) is 0. The van der Waals surface area contributed by atoms with Crippen molar-refractivity contribution in [2.24, 2.45) is 0 Å². The molecule has 0 fully saturated rings. The molecule has 0 saturated carbocycles. The number of carboxylic acid groups (broad SMARTS) is 1. The van der Waals surface area contributed by atoms with Gasteiger partial charge in [-0.25, -0.2) is 4.79 Å². The summed E-state index contributed by atoms with van der Waals surface area (Å²) in [7, 11) is 1.57. The van der Waals surface area contributed by atoms with Gasteiger partial charge in [0.05, 0.1) is 7.11 Å². The van der Waals surface area contributed by atoms with Crippen LogP contribution in [0.4, 0.5) is 0 Å². The summed E-state index contributed by atoms with van der Waals surface area (Å²) in [6.07, 6.45) is 1.18. The van der Waals surface area contributed by atoms with E-state index in [0.717, 1.165) is 11.1 Å². The zero-order valence-electron chi connectivity index (χ0n) is 10.8. The van der Waals surface area contributed by atoms with Gasteiger partial charge in [-0.3, -0.25) is 0 Å². The molecule has 0 aliphatic heterocycles. The van der Waals surface area contributed by atoms with E-state index in [0.29, 0.717) is 16.3 Å². The molecule has 0 saturated heterocycles. The molecule has 2 aromatic rings. The lowest BCUT2D eigenvalue weighted by Gasteiger charge is -2.09. The van der Waals surface area contributed by atoms with Crippen LogP contribution in [0.15, 0.2) is 54.6 Å². The Balaban J connectivity index is 2.52. The molecule has 2 rings (SSSR count). The van der Waals surface area contributed by atoms with E-state index in [-0.39, 0.29) is 0 Å². The first-order valence-corrected chi connectivity index (χ1v) is 6.33. The standard InChI is InChI=1S/C16H13ClO3/c1-20-14-4-2-3-12(9-14)15(10-16(18)19)11-5-7-13(17)8-6-11/h2-10H,1H3,(H,18,19)/b15-10-. The van der Waals surface area contributed by atoms with Gasteiger partial charge in [0.15, 0.2) is 0 Å². The van der Waals surface area contributed by atoms with Crippen LogP contribution in [0.1, 0.15) is 11.1 Å². The largest absolute Gasteiger partial charge is 0.497 e. The third-order valence-corrected chi connectivity index (χ3v) is 3.06. The molecule has 0 aliphatic rings. The summed E-state index contributed by atoms with van der Waals surface area (Å²) >= 11 is 5.86. The number of methoxy groups -OCH3 is 1. The van der Waals surface area contributed by atoms with E-state index in [1.54, 1.807) is 37.4 Å². The van der Waals surface area contributed by atoms with E-state index < -0.39 is 5.97 Å². The maximum atomic E-state index is 11.0. The molecule has 20 heavy (non-hydrogen) atoms. The Bertz CT molecular complexity index is 645. The molecule has 0 unspecified atom stereocenters. The molecule has 1 N–H and O–H groups in total. The highest BCUT2D eigenvalue weighted by Gasteiger charge is 2.08. The fraction of sp³-hybridized carbons (Fsp3) is 0.0625. The normalized spacial score (nSPS) is 11.2. The van der Waals surface area contributed by atoms with Gasteiger partial charge in [0, 0.05) is 11.1 Å². The Labute approximate surface area is 122 Å². The number of hydrogen-bond donors (Lipinski definition) is 1. The molecule has 3 nitrogen and oxygen atoms in total. The van der Waals surface area contributed by atoms with Crippen molar-refractivity contribution in [1.82, 2.24) is 0 Å². The summed E-state index contributed by atoms with van der Waals surface area (Å²) < 4.78 is 5.17. The molecule has 0 heterocycles. The molecule has 102 valence electrons. The van der Waals surface area contributed by atoms with Gasteiger partial charge in [-0.15, -0.1) is 0 Å². The molecule has 0 radical (unpaired) electrons. The lowest BCUT2D eigenvalue weighted by molar-refractivity contribution is -0.131. The van der Waals surface area contributed by atoms with Gasteiger partial charge in [-0.2, -0.15) is 0 Å². The highest BCUT2D eigenvalue weighted by molar-refractivity contribution is 6.30. The monoisotopic (exact) mass is 288 g/mol. The fourth-order valence-electron chi connectivity index (χ4n) is 1.88. The van der Waals surface area contributed by atoms with Crippen molar-refractivity contribution < 1.29 is 14.6 Å². The maximum Gasteiger partial charge on any atom is 0.328 e. The minimum atomic E-state index is -1.00. The van der Waals surface area contributed by atoms with Gasteiger partial charge >= 0.3 is 5.97 Å². The number of halogens is 1. The second-order valence-electron chi connectivity index (χ2n) is 4.14. The Morgan fingerprint density at radius 2 is 1.85 bits per heavy atom. The van der Waals surface area contributed by atoms with Gasteiger partial charge in [0.2, 0.25) is 0 Å². The summed E-state index contributed by atoms with van der Waals surface area (Å²) in [5.74, 6) is -0.328. The van der Waals surface area contributed by atoms with Crippen molar-refractivity contribution in [2.75, 3.05) is 7.11 Å². The van der Waals surface area contributed by atoms with Crippen LogP contribution in [0.25, 0.3) is 5.57 Å². The molecule has 0 aliphatic carbocycles. The fourth-order valence-corrected chi connectivity index (χ4v) is 2.00. The molecule has 0 spiro atoms. The second-order valence-corrected chi connectivity index (χ2v) is 4.57. The van der Waals surface area contributed by atoms with Gasteiger partial charge in [-0.1, -0.05) is 35.9 Å². The predicted molar refractivity (Wildman–Crippen MR) is 79.2 cm³/mol. The Morgan fingerprint density at radius 1 is 1.15 bits per heavy atom. The van der Waals surface area contributed by atoms with Crippen LogP contribution in [0.5, 0.6) is 5.75 Å². The first-order chi connectivity index (χ1) is 9.60. The molecule has 0 bridgehead atoms.